The fourth-order valence-corrected chi connectivity index (χ4v) is 3.53. The molecular formula is C20H25LiO2P. The SMILES string of the molecule is Cc1cccc(C)c1C(=O)Pc1ccc(OCCC(C)C)cc1.[Li]. The van der Waals surface area contributed by atoms with Crippen molar-refractivity contribution >= 4 is 38.3 Å². The Morgan fingerprint density at radius 3 is 2.17 bits per heavy atom. The van der Waals surface area contributed by atoms with Crippen molar-refractivity contribution in [2.75, 3.05) is 6.61 Å². The maximum atomic E-state index is 12.6. The smallest absolute Gasteiger partial charge is 0.186 e. The van der Waals surface area contributed by atoms with Crippen LogP contribution in [0.2, 0.25) is 0 Å². The van der Waals surface area contributed by atoms with E-state index in [-0.39, 0.29) is 33.0 Å². The van der Waals surface area contributed by atoms with Crippen molar-refractivity contribution in [2.24, 2.45) is 5.92 Å². The number of rotatable bonds is 7. The molecule has 1 unspecified atom stereocenters. The molecule has 2 nitrogen and oxygen atoms in total. The van der Waals surface area contributed by atoms with Crippen molar-refractivity contribution in [2.45, 2.75) is 34.1 Å². The summed E-state index contributed by atoms with van der Waals surface area (Å²) in [7, 11) is 0.149. The molecule has 24 heavy (non-hydrogen) atoms. The molecule has 0 aromatic heterocycles. The quantitative estimate of drug-likeness (QED) is 0.550. The Labute approximate surface area is 159 Å². The molecule has 0 aliphatic carbocycles. The number of hydrogen-bond acceptors (Lipinski definition) is 2. The Bertz CT molecular complexity index is 646. The normalized spacial score (nSPS) is 10.9. The van der Waals surface area contributed by atoms with Crippen LogP contribution in [0.3, 0.4) is 0 Å². The molecule has 2 aromatic rings. The molecular weight excluding hydrogens is 310 g/mol. The average molecular weight is 335 g/mol. The fourth-order valence-electron chi connectivity index (χ4n) is 2.41. The molecule has 0 aliphatic heterocycles. The first-order chi connectivity index (χ1) is 11.0. The molecule has 0 amide bonds. The zero-order valence-corrected chi connectivity index (χ0v) is 16.3. The van der Waals surface area contributed by atoms with Crippen LogP contribution in [0.15, 0.2) is 42.5 Å². The van der Waals surface area contributed by atoms with Crippen LogP contribution >= 0.6 is 8.58 Å². The van der Waals surface area contributed by atoms with Crippen LogP contribution in [0.4, 0.5) is 0 Å². The summed E-state index contributed by atoms with van der Waals surface area (Å²) in [6.07, 6.45) is 1.05. The van der Waals surface area contributed by atoms with Gasteiger partial charge in [0.2, 0.25) is 0 Å². The molecule has 2 aromatic carbocycles. The minimum atomic E-state index is 0. The first kappa shape index (κ1) is 21.0. The summed E-state index contributed by atoms with van der Waals surface area (Å²) in [5.74, 6) is 1.52. The summed E-state index contributed by atoms with van der Waals surface area (Å²) in [4.78, 5) is 12.6. The van der Waals surface area contributed by atoms with E-state index >= 15 is 0 Å². The van der Waals surface area contributed by atoms with Crippen molar-refractivity contribution in [1.82, 2.24) is 0 Å². The summed E-state index contributed by atoms with van der Waals surface area (Å²) in [6.45, 7) is 9.10. The third kappa shape index (κ3) is 6.10. The van der Waals surface area contributed by atoms with Crippen LogP contribution in [0.5, 0.6) is 5.75 Å². The molecule has 0 bridgehead atoms. The summed E-state index contributed by atoms with van der Waals surface area (Å²) in [6, 6.07) is 13.9. The van der Waals surface area contributed by atoms with Gasteiger partial charge in [-0.05, 0) is 63.3 Å². The van der Waals surface area contributed by atoms with Crippen LogP contribution in [0.1, 0.15) is 41.8 Å². The monoisotopic (exact) mass is 335 g/mol. The van der Waals surface area contributed by atoms with Crippen LogP contribution in [-0.4, -0.2) is 31.0 Å². The molecule has 1 atom stereocenters. The van der Waals surface area contributed by atoms with Crippen molar-refractivity contribution in [3.05, 3.63) is 59.2 Å². The average Bonchev–Trinajstić information content (AvgIpc) is 2.48. The van der Waals surface area contributed by atoms with Gasteiger partial charge in [0, 0.05) is 24.4 Å². The van der Waals surface area contributed by atoms with E-state index in [4.69, 9.17) is 4.74 Å². The number of ether oxygens (including phenoxy) is 1. The van der Waals surface area contributed by atoms with Crippen LogP contribution in [0, 0.1) is 19.8 Å². The molecule has 2 rings (SSSR count). The van der Waals surface area contributed by atoms with Crippen molar-refractivity contribution < 1.29 is 9.53 Å². The number of carbonyl (C=O) groups excluding carboxylic acids is 1. The Morgan fingerprint density at radius 1 is 1.04 bits per heavy atom. The van der Waals surface area contributed by atoms with Gasteiger partial charge in [-0.1, -0.05) is 44.2 Å². The second-order valence-electron chi connectivity index (χ2n) is 6.28. The van der Waals surface area contributed by atoms with Crippen LogP contribution < -0.4 is 10.0 Å². The van der Waals surface area contributed by atoms with Gasteiger partial charge in [0.05, 0.1) is 6.61 Å². The molecule has 0 fully saturated rings. The van der Waals surface area contributed by atoms with Gasteiger partial charge in [0.25, 0.3) is 0 Å². The minimum Gasteiger partial charge on any atom is -0.494 e. The van der Waals surface area contributed by atoms with Gasteiger partial charge in [-0.15, -0.1) is 0 Å². The Morgan fingerprint density at radius 2 is 1.62 bits per heavy atom. The third-order valence-electron chi connectivity index (χ3n) is 3.78. The summed E-state index contributed by atoms with van der Waals surface area (Å²) in [5.41, 5.74) is 3.17. The maximum Gasteiger partial charge on any atom is 0.186 e. The first-order valence-electron chi connectivity index (χ1n) is 8.08. The van der Waals surface area contributed by atoms with Gasteiger partial charge in [0.1, 0.15) is 5.75 Å². The third-order valence-corrected chi connectivity index (χ3v) is 4.88. The van der Waals surface area contributed by atoms with Crippen molar-refractivity contribution in [3.8, 4) is 5.75 Å². The Balaban J connectivity index is 0.00000288. The number of aryl methyl sites for hydroxylation is 2. The van der Waals surface area contributed by atoms with E-state index in [1.807, 2.05) is 56.3 Å². The predicted octanol–water partition coefficient (Wildman–Crippen LogP) is 4.49. The van der Waals surface area contributed by atoms with Gasteiger partial charge < -0.3 is 4.74 Å². The van der Waals surface area contributed by atoms with Gasteiger partial charge in [0.15, 0.2) is 5.52 Å². The fraction of sp³-hybridized carbons (Fsp3) is 0.350. The van der Waals surface area contributed by atoms with Crippen molar-refractivity contribution in [1.29, 1.82) is 0 Å². The van der Waals surface area contributed by atoms with E-state index in [1.54, 1.807) is 0 Å². The van der Waals surface area contributed by atoms with E-state index in [1.165, 1.54) is 0 Å². The maximum absolute atomic E-state index is 12.6. The van der Waals surface area contributed by atoms with Gasteiger partial charge in [-0.2, -0.15) is 0 Å². The van der Waals surface area contributed by atoms with E-state index < -0.39 is 0 Å². The van der Waals surface area contributed by atoms with E-state index in [0.717, 1.165) is 40.8 Å². The zero-order valence-electron chi connectivity index (χ0n) is 15.3. The Kier molecular flexibility index (Phi) is 8.78. The van der Waals surface area contributed by atoms with Gasteiger partial charge >= 0.3 is 0 Å². The molecule has 0 saturated heterocycles. The number of hydrogen-bond donors (Lipinski definition) is 0. The summed E-state index contributed by atoms with van der Waals surface area (Å²) >= 11 is 0. The molecule has 0 aliphatic rings. The van der Waals surface area contributed by atoms with Gasteiger partial charge in [-0.25, -0.2) is 0 Å². The Hall–Kier alpha value is -1.06. The molecule has 0 saturated carbocycles. The molecule has 1 radical (unpaired) electrons. The van der Waals surface area contributed by atoms with Crippen molar-refractivity contribution in [3.63, 3.8) is 0 Å². The second-order valence-corrected chi connectivity index (χ2v) is 7.56. The number of carbonyl (C=O) groups is 1. The van der Waals surface area contributed by atoms with E-state index in [0.29, 0.717) is 5.92 Å². The zero-order chi connectivity index (χ0) is 16.8. The molecule has 0 spiro atoms. The standard InChI is InChI=1S/C20H25O2P.Li/c1-14(2)12-13-22-17-8-10-18(11-9-17)23-20(21)19-15(3)6-5-7-16(19)4;/h5-11,14,23H,12-13H2,1-4H3;. The van der Waals surface area contributed by atoms with E-state index in [9.17, 15) is 4.79 Å². The van der Waals surface area contributed by atoms with Crippen LogP contribution in [-0.2, 0) is 0 Å². The molecule has 4 heteroatoms. The number of benzene rings is 2. The summed E-state index contributed by atoms with van der Waals surface area (Å²) < 4.78 is 5.72. The topological polar surface area (TPSA) is 26.3 Å². The largest absolute Gasteiger partial charge is 0.494 e. The van der Waals surface area contributed by atoms with Gasteiger partial charge in [-0.3, -0.25) is 4.79 Å². The molecule has 0 N–H and O–H groups in total. The predicted molar refractivity (Wildman–Crippen MR) is 105 cm³/mol. The molecule has 123 valence electrons. The second kappa shape index (κ2) is 10.0. The summed E-state index contributed by atoms with van der Waals surface area (Å²) in [5, 5.41) is 1.05. The van der Waals surface area contributed by atoms with Crippen LogP contribution in [0.25, 0.3) is 0 Å². The first-order valence-corrected chi connectivity index (χ1v) is 9.08. The van der Waals surface area contributed by atoms with E-state index in [2.05, 4.69) is 13.8 Å². The minimum absolute atomic E-state index is 0. The molecule has 0 heterocycles.